The van der Waals surface area contributed by atoms with Crippen molar-refractivity contribution in [1.29, 1.82) is 0 Å². The molecule has 0 heterocycles. The summed E-state index contributed by atoms with van der Waals surface area (Å²) in [5.74, 6) is 0.175. The molecule has 90 valence electrons. The van der Waals surface area contributed by atoms with Crippen LogP contribution in [-0.4, -0.2) is 14.2 Å². The maximum atomic E-state index is 11.7. The van der Waals surface area contributed by atoms with Crippen LogP contribution in [0.5, 0.6) is 0 Å². The molecule has 0 saturated carbocycles. The second-order valence-corrected chi connectivity index (χ2v) is 6.41. The average Bonchev–Trinajstić information content (AvgIpc) is 2.20. The van der Waals surface area contributed by atoms with Gasteiger partial charge in [-0.2, -0.15) is 0 Å². The van der Waals surface area contributed by atoms with Crippen molar-refractivity contribution >= 4 is 27.1 Å². The first-order valence-electron chi connectivity index (χ1n) is 5.19. The van der Waals surface area contributed by atoms with Crippen LogP contribution in [0.2, 0.25) is 5.02 Å². The van der Waals surface area contributed by atoms with Crippen LogP contribution < -0.4 is 5.73 Å². The van der Waals surface area contributed by atoms with Gasteiger partial charge in [0.15, 0.2) is 9.84 Å². The molecule has 0 aliphatic rings. The van der Waals surface area contributed by atoms with Gasteiger partial charge in [-0.05, 0) is 30.2 Å². The van der Waals surface area contributed by atoms with Crippen LogP contribution in [0.3, 0.4) is 0 Å². The largest absolute Gasteiger partial charge is 0.398 e. The van der Waals surface area contributed by atoms with Crippen LogP contribution in [0.1, 0.15) is 25.3 Å². The molecule has 5 heteroatoms. The van der Waals surface area contributed by atoms with E-state index in [4.69, 9.17) is 17.3 Å². The Labute approximate surface area is 102 Å². The van der Waals surface area contributed by atoms with Crippen molar-refractivity contribution in [1.82, 2.24) is 0 Å². The number of sulfone groups is 1. The molecule has 0 atom stereocenters. The van der Waals surface area contributed by atoms with Gasteiger partial charge in [-0.3, -0.25) is 0 Å². The van der Waals surface area contributed by atoms with E-state index < -0.39 is 9.84 Å². The lowest BCUT2D eigenvalue weighted by atomic mass is 10.2. The van der Waals surface area contributed by atoms with Crippen molar-refractivity contribution < 1.29 is 8.42 Å². The van der Waals surface area contributed by atoms with Crippen molar-refractivity contribution in [3.8, 4) is 0 Å². The Morgan fingerprint density at radius 1 is 1.38 bits per heavy atom. The van der Waals surface area contributed by atoms with E-state index in [1.165, 1.54) is 0 Å². The van der Waals surface area contributed by atoms with Crippen LogP contribution in [0.4, 0.5) is 5.69 Å². The molecule has 1 rings (SSSR count). The summed E-state index contributed by atoms with van der Waals surface area (Å²) in [4.78, 5) is 0. The van der Waals surface area contributed by atoms with E-state index >= 15 is 0 Å². The SMILES string of the molecule is CCCCS(=O)(=O)Cc1cc(Cl)ccc1N. The fourth-order valence-corrected chi connectivity index (χ4v) is 3.16. The van der Waals surface area contributed by atoms with Gasteiger partial charge in [0.25, 0.3) is 0 Å². The topological polar surface area (TPSA) is 60.2 Å². The summed E-state index contributed by atoms with van der Waals surface area (Å²) < 4.78 is 23.4. The molecule has 3 nitrogen and oxygen atoms in total. The van der Waals surface area contributed by atoms with E-state index in [-0.39, 0.29) is 11.5 Å². The molecule has 0 spiro atoms. The van der Waals surface area contributed by atoms with Crippen molar-refractivity contribution in [2.24, 2.45) is 0 Å². The highest BCUT2D eigenvalue weighted by molar-refractivity contribution is 7.90. The smallest absolute Gasteiger partial charge is 0.154 e. The number of nitrogens with two attached hydrogens (primary N) is 1. The van der Waals surface area contributed by atoms with Gasteiger partial charge >= 0.3 is 0 Å². The molecule has 16 heavy (non-hydrogen) atoms. The van der Waals surface area contributed by atoms with E-state index in [1.54, 1.807) is 18.2 Å². The first-order chi connectivity index (χ1) is 7.44. The van der Waals surface area contributed by atoms with E-state index in [0.717, 1.165) is 6.42 Å². The minimum absolute atomic E-state index is 0.0284. The second kappa shape index (κ2) is 5.55. The highest BCUT2D eigenvalue weighted by atomic mass is 35.5. The van der Waals surface area contributed by atoms with Gasteiger partial charge < -0.3 is 5.73 Å². The highest BCUT2D eigenvalue weighted by Crippen LogP contribution is 2.20. The summed E-state index contributed by atoms with van der Waals surface area (Å²) in [6.07, 6.45) is 1.55. The summed E-state index contributed by atoms with van der Waals surface area (Å²) in [6.45, 7) is 1.96. The summed E-state index contributed by atoms with van der Waals surface area (Å²) in [6, 6.07) is 4.90. The van der Waals surface area contributed by atoms with Crippen LogP contribution in [0, 0.1) is 0 Å². The van der Waals surface area contributed by atoms with Crippen LogP contribution in [0.15, 0.2) is 18.2 Å². The van der Waals surface area contributed by atoms with Crippen LogP contribution in [-0.2, 0) is 15.6 Å². The first kappa shape index (κ1) is 13.3. The molecule has 0 amide bonds. The molecular formula is C11H16ClNO2S. The number of halogens is 1. The third kappa shape index (κ3) is 4.02. The van der Waals surface area contributed by atoms with Crippen molar-refractivity contribution in [3.63, 3.8) is 0 Å². The Bertz CT molecular complexity index is 457. The maximum Gasteiger partial charge on any atom is 0.154 e. The predicted octanol–water partition coefficient (Wildman–Crippen LogP) is 2.64. The summed E-state index contributed by atoms with van der Waals surface area (Å²) in [5, 5.41) is 0.509. The van der Waals surface area contributed by atoms with Crippen molar-refractivity contribution in [2.75, 3.05) is 11.5 Å². The van der Waals surface area contributed by atoms with E-state index in [2.05, 4.69) is 0 Å². The molecule has 0 aromatic heterocycles. The van der Waals surface area contributed by atoms with E-state index in [1.807, 2.05) is 6.92 Å². The number of rotatable bonds is 5. The molecule has 0 saturated heterocycles. The zero-order valence-electron chi connectivity index (χ0n) is 9.24. The van der Waals surface area contributed by atoms with Crippen LogP contribution >= 0.6 is 11.6 Å². The quantitative estimate of drug-likeness (QED) is 0.829. The maximum absolute atomic E-state index is 11.7. The first-order valence-corrected chi connectivity index (χ1v) is 7.39. The highest BCUT2D eigenvalue weighted by Gasteiger charge is 2.13. The van der Waals surface area contributed by atoms with Gasteiger partial charge in [-0.25, -0.2) is 8.42 Å². The molecule has 0 bridgehead atoms. The number of hydrogen-bond donors (Lipinski definition) is 1. The lowest BCUT2D eigenvalue weighted by Gasteiger charge is -2.07. The monoisotopic (exact) mass is 261 g/mol. The minimum atomic E-state index is -3.07. The van der Waals surface area contributed by atoms with Gasteiger partial charge in [-0.1, -0.05) is 24.9 Å². The molecule has 0 fully saturated rings. The third-order valence-electron chi connectivity index (χ3n) is 2.29. The van der Waals surface area contributed by atoms with Gasteiger partial charge in [-0.15, -0.1) is 0 Å². The fourth-order valence-electron chi connectivity index (χ4n) is 1.37. The van der Waals surface area contributed by atoms with E-state index in [0.29, 0.717) is 22.7 Å². The molecule has 1 aromatic carbocycles. The average molecular weight is 262 g/mol. The number of anilines is 1. The summed E-state index contributed by atoms with van der Waals surface area (Å²) in [5.41, 5.74) is 6.77. The zero-order chi connectivity index (χ0) is 12.2. The summed E-state index contributed by atoms with van der Waals surface area (Å²) in [7, 11) is -3.07. The molecule has 2 N–H and O–H groups in total. The predicted molar refractivity (Wildman–Crippen MR) is 68.3 cm³/mol. The van der Waals surface area contributed by atoms with Gasteiger partial charge in [0, 0.05) is 10.7 Å². The Balaban J connectivity index is 2.83. The molecule has 0 radical (unpaired) electrons. The van der Waals surface area contributed by atoms with Crippen molar-refractivity contribution in [3.05, 3.63) is 28.8 Å². The Hall–Kier alpha value is -0.740. The number of benzene rings is 1. The number of nitrogen functional groups attached to an aromatic ring is 1. The third-order valence-corrected chi connectivity index (χ3v) is 4.19. The minimum Gasteiger partial charge on any atom is -0.398 e. The molecule has 0 unspecified atom stereocenters. The fraction of sp³-hybridized carbons (Fsp3) is 0.455. The molecule has 0 aliphatic heterocycles. The lowest BCUT2D eigenvalue weighted by Crippen LogP contribution is -2.10. The van der Waals surface area contributed by atoms with Gasteiger partial charge in [0.05, 0.1) is 11.5 Å². The van der Waals surface area contributed by atoms with Crippen LogP contribution in [0.25, 0.3) is 0 Å². The molecule has 0 aliphatic carbocycles. The number of unbranched alkanes of at least 4 members (excludes halogenated alkanes) is 1. The number of hydrogen-bond acceptors (Lipinski definition) is 3. The zero-order valence-corrected chi connectivity index (χ0v) is 10.8. The Kier molecular flexibility index (Phi) is 4.62. The summed E-state index contributed by atoms with van der Waals surface area (Å²) >= 11 is 5.80. The lowest BCUT2D eigenvalue weighted by molar-refractivity contribution is 0.592. The van der Waals surface area contributed by atoms with Gasteiger partial charge in [0.1, 0.15) is 0 Å². The Morgan fingerprint density at radius 2 is 2.06 bits per heavy atom. The van der Waals surface area contributed by atoms with E-state index in [9.17, 15) is 8.42 Å². The van der Waals surface area contributed by atoms with Crippen molar-refractivity contribution in [2.45, 2.75) is 25.5 Å². The molecule has 1 aromatic rings. The van der Waals surface area contributed by atoms with Gasteiger partial charge in [0.2, 0.25) is 0 Å². The molecular weight excluding hydrogens is 246 g/mol. The normalized spacial score (nSPS) is 11.6. The standard InChI is InChI=1S/C11H16ClNO2S/c1-2-3-6-16(14,15)8-9-7-10(12)4-5-11(9)13/h4-5,7H,2-3,6,8,13H2,1H3. The second-order valence-electron chi connectivity index (χ2n) is 3.79. The Morgan fingerprint density at radius 3 is 2.69 bits per heavy atom.